The predicted octanol–water partition coefficient (Wildman–Crippen LogP) is 2.09. The van der Waals surface area contributed by atoms with Crippen LogP contribution in [0.25, 0.3) is 0 Å². The van der Waals surface area contributed by atoms with E-state index in [0.29, 0.717) is 0 Å². The molecule has 0 saturated carbocycles. The number of carbonyl (C=O) groups excluding carboxylic acids is 1. The smallest absolute Gasteiger partial charge is 0.410 e. The molecule has 0 atom stereocenters. The van der Waals surface area contributed by atoms with Gasteiger partial charge in [0, 0.05) is 31.9 Å². The molecule has 1 aliphatic heterocycles. The third kappa shape index (κ3) is 3.83. The van der Waals surface area contributed by atoms with Crippen LogP contribution in [-0.2, 0) is 11.2 Å². The van der Waals surface area contributed by atoms with E-state index in [1.165, 1.54) is 0 Å². The minimum absolute atomic E-state index is 0.167. The van der Waals surface area contributed by atoms with Crippen molar-refractivity contribution in [1.82, 2.24) is 14.9 Å². The lowest BCUT2D eigenvalue weighted by Gasteiger charge is -2.44. The van der Waals surface area contributed by atoms with E-state index >= 15 is 0 Å². The Balaban J connectivity index is 1.89. The summed E-state index contributed by atoms with van der Waals surface area (Å²) in [6.07, 6.45) is 2.22. The SMILES string of the molecule is CCc1cc(N2CC(N(C)C(=O)OC(C)(C)C)C2)ncn1. The average Bonchev–Trinajstić information content (AvgIpc) is 2.35. The second kappa shape index (κ2) is 5.87. The van der Waals surface area contributed by atoms with E-state index in [1.807, 2.05) is 26.8 Å². The number of anilines is 1. The highest BCUT2D eigenvalue weighted by Crippen LogP contribution is 2.22. The van der Waals surface area contributed by atoms with E-state index in [1.54, 1.807) is 18.3 Å². The Morgan fingerprint density at radius 1 is 1.43 bits per heavy atom. The predicted molar refractivity (Wildman–Crippen MR) is 81.4 cm³/mol. The van der Waals surface area contributed by atoms with Crippen LogP contribution in [0.5, 0.6) is 0 Å². The zero-order valence-electron chi connectivity index (χ0n) is 13.5. The van der Waals surface area contributed by atoms with E-state index in [-0.39, 0.29) is 12.1 Å². The standard InChI is InChI=1S/C15H24N4O2/c1-6-11-7-13(17-10-16-11)19-8-12(9-19)18(5)14(20)21-15(2,3)4/h7,10,12H,6,8-9H2,1-5H3. The van der Waals surface area contributed by atoms with Crippen LogP contribution in [0.2, 0.25) is 0 Å². The maximum Gasteiger partial charge on any atom is 0.410 e. The van der Waals surface area contributed by atoms with Gasteiger partial charge in [0.2, 0.25) is 0 Å². The van der Waals surface area contributed by atoms with Crippen LogP contribution in [0, 0.1) is 0 Å². The zero-order chi connectivity index (χ0) is 15.6. The number of ether oxygens (including phenoxy) is 1. The Labute approximate surface area is 126 Å². The van der Waals surface area contributed by atoms with Gasteiger partial charge >= 0.3 is 6.09 Å². The number of amides is 1. The molecule has 0 radical (unpaired) electrons. The lowest BCUT2D eigenvalue weighted by Crippen LogP contribution is -2.60. The summed E-state index contributed by atoms with van der Waals surface area (Å²) in [5, 5.41) is 0. The Morgan fingerprint density at radius 2 is 2.10 bits per heavy atom. The van der Waals surface area contributed by atoms with Gasteiger partial charge in [0.15, 0.2) is 0 Å². The number of hydrogen-bond donors (Lipinski definition) is 0. The maximum atomic E-state index is 12.0. The topological polar surface area (TPSA) is 58.6 Å². The fourth-order valence-electron chi connectivity index (χ4n) is 2.12. The molecule has 0 aliphatic carbocycles. The molecule has 1 aromatic heterocycles. The van der Waals surface area contributed by atoms with Crippen LogP contribution in [0.15, 0.2) is 12.4 Å². The second-order valence-electron chi connectivity index (χ2n) is 6.37. The molecule has 1 aliphatic rings. The summed E-state index contributed by atoms with van der Waals surface area (Å²) in [6, 6.07) is 2.17. The summed E-state index contributed by atoms with van der Waals surface area (Å²) < 4.78 is 5.38. The van der Waals surface area contributed by atoms with Crippen LogP contribution >= 0.6 is 0 Å². The lowest BCUT2D eigenvalue weighted by atomic mass is 10.1. The second-order valence-corrected chi connectivity index (χ2v) is 6.37. The third-order valence-electron chi connectivity index (χ3n) is 3.49. The van der Waals surface area contributed by atoms with Crippen molar-refractivity contribution in [2.45, 2.75) is 45.8 Å². The van der Waals surface area contributed by atoms with Crippen LogP contribution < -0.4 is 4.90 Å². The molecule has 0 N–H and O–H groups in total. The number of carbonyl (C=O) groups is 1. The van der Waals surface area contributed by atoms with Crippen molar-refractivity contribution >= 4 is 11.9 Å². The lowest BCUT2D eigenvalue weighted by molar-refractivity contribution is 0.0196. The molecule has 2 rings (SSSR count). The first-order valence-corrected chi connectivity index (χ1v) is 7.32. The molecule has 1 amide bonds. The van der Waals surface area contributed by atoms with E-state index in [0.717, 1.165) is 31.0 Å². The van der Waals surface area contributed by atoms with E-state index in [4.69, 9.17) is 4.74 Å². The van der Waals surface area contributed by atoms with Gasteiger partial charge in [-0.05, 0) is 27.2 Å². The van der Waals surface area contributed by atoms with Gasteiger partial charge in [-0.1, -0.05) is 6.92 Å². The summed E-state index contributed by atoms with van der Waals surface area (Å²) in [4.78, 5) is 24.3. The number of nitrogens with zero attached hydrogens (tertiary/aromatic N) is 4. The first kappa shape index (κ1) is 15.5. The Kier molecular flexibility index (Phi) is 4.34. The summed E-state index contributed by atoms with van der Waals surface area (Å²) in [6.45, 7) is 9.24. The molecule has 0 aromatic carbocycles. The van der Waals surface area contributed by atoms with Crippen molar-refractivity contribution in [1.29, 1.82) is 0 Å². The molecule has 1 fully saturated rings. The Hall–Kier alpha value is -1.85. The summed E-state index contributed by atoms with van der Waals surface area (Å²) in [5.74, 6) is 0.927. The summed E-state index contributed by atoms with van der Waals surface area (Å²) in [5.41, 5.74) is 0.571. The van der Waals surface area contributed by atoms with E-state index < -0.39 is 5.60 Å². The molecular formula is C15H24N4O2. The van der Waals surface area contributed by atoms with Crippen LogP contribution in [0.3, 0.4) is 0 Å². The molecule has 2 heterocycles. The monoisotopic (exact) mass is 292 g/mol. The molecule has 116 valence electrons. The van der Waals surface area contributed by atoms with Crippen LogP contribution in [0.4, 0.5) is 10.6 Å². The highest BCUT2D eigenvalue weighted by atomic mass is 16.6. The summed E-state index contributed by atoms with van der Waals surface area (Å²) >= 11 is 0. The highest BCUT2D eigenvalue weighted by Gasteiger charge is 2.35. The van der Waals surface area contributed by atoms with Gasteiger partial charge in [-0.15, -0.1) is 0 Å². The number of likely N-dealkylation sites (N-methyl/N-ethyl adjacent to an activating group) is 1. The van der Waals surface area contributed by atoms with Crippen LogP contribution in [-0.4, -0.2) is 52.7 Å². The first-order valence-electron chi connectivity index (χ1n) is 7.32. The van der Waals surface area contributed by atoms with Gasteiger partial charge in [-0.25, -0.2) is 14.8 Å². The molecule has 6 heteroatoms. The molecule has 0 bridgehead atoms. The van der Waals surface area contributed by atoms with Crippen LogP contribution in [0.1, 0.15) is 33.4 Å². The Morgan fingerprint density at radius 3 is 2.67 bits per heavy atom. The number of hydrogen-bond acceptors (Lipinski definition) is 5. The van der Waals surface area contributed by atoms with Crippen molar-refractivity contribution in [3.63, 3.8) is 0 Å². The summed E-state index contributed by atoms with van der Waals surface area (Å²) in [7, 11) is 1.79. The molecule has 0 unspecified atom stereocenters. The van der Waals surface area contributed by atoms with Gasteiger partial charge in [0.05, 0.1) is 6.04 Å². The quantitative estimate of drug-likeness (QED) is 0.854. The zero-order valence-corrected chi connectivity index (χ0v) is 13.5. The van der Waals surface area contributed by atoms with E-state index in [9.17, 15) is 4.79 Å². The molecular weight excluding hydrogens is 268 g/mol. The van der Waals surface area contributed by atoms with Gasteiger partial charge in [0.1, 0.15) is 17.7 Å². The number of rotatable bonds is 3. The largest absolute Gasteiger partial charge is 0.444 e. The molecule has 0 spiro atoms. The van der Waals surface area contributed by atoms with Gasteiger partial charge in [0.25, 0.3) is 0 Å². The third-order valence-corrected chi connectivity index (χ3v) is 3.49. The average molecular weight is 292 g/mol. The Bertz CT molecular complexity index is 507. The highest BCUT2D eigenvalue weighted by molar-refractivity contribution is 5.69. The minimum atomic E-state index is -0.461. The van der Waals surface area contributed by atoms with Gasteiger partial charge in [-0.2, -0.15) is 0 Å². The normalized spacial score (nSPS) is 15.6. The number of aromatic nitrogens is 2. The fourth-order valence-corrected chi connectivity index (χ4v) is 2.12. The molecule has 1 saturated heterocycles. The molecule has 6 nitrogen and oxygen atoms in total. The molecule has 1 aromatic rings. The van der Waals surface area contributed by atoms with Crippen molar-refractivity contribution in [3.05, 3.63) is 18.1 Å². The van der Waals surface area contributed by atoms with Gasteiger partial charge in [-0.3, -0.25) is 0 Å². The van der Waals surface area contributed by atoms with E-state index in [2.05, 4.69) is 21.8 Å². The number of aryl methyl sites for hydroxylation is 1. The maximum absolute atomic E-state index is 12.0. The van der Waals surface area contributed by atoms with Crippen molar-refractivity contribution in [2.75, 3.05) is 25.0 Å². The van der Waals surface area contributed by atoms with Crippen molar-refractivity contribution < 1.29 is 9.53 Å². The fraction of sp³-hybridized carbons (Fsp3) is 0.667. The first-order chi connectivity index (χ1) is 9.80. The minimum Gasteiger partial charge on any atom is -0.444 e. The van der Waals surface area contributed by atoms with Crippen molar-refractivity contribution in [3.8, 4) is 0 Å². The van der Waals surface area contributed by atoms with Gasteiger partial charge < -0.3 is 14.5 Å². The molecule has 21 heavy (non-hydrogen) atoms. The van der Waals surface area contributed by atoms with Crippen molar-refractivity contribution in [2.24, 2.45) is 0 Å².